The molecule has 0 saturated heterocycles. The predicted molar refractivity (Wildman–Crippen MR) is 81.3 cm³/mol. The van der Waals surface area contributed by atoms with Crippen molar-refractivity contribution in [2.75, 3.05) is 18.9 Å². The molecule has 0 spiro atoms. The minimum atomic E-state index is -3.76. The number of anilines is 1. The van der Waals surface area contributed by atoms with Crippen LogP contribution < -0.4 is 5.32 Å². The summed E-state index contributed by atoms with van der Waals surface area (Å²) in [5.41, 5.74) is 0.0120. The molecule has 1 amide bonds. The van der Waals surface area contributed by atoms with Crippen LogP contribution in [-0.4, -0.2) is 32.2 Å². The lowest BCUT2D eigenvalue weighted by Crippen LogP contribution is -2.35. The quantitative estimate of drug-likeness (QED) is 0.916. The van der Waals surface area contributed by atoms with Gasteiger partial charge < -0.3 is 5.32 Å². The van der Waals surface area contributed by atoms with Crippen LogP contribution >= 0.6 is 0 Å². The van der Waals surface area contributed by atoms with Gasteiger partial charge in [-0.15, -0.1) is 0 Å². The van der Waals surface area contributed by atoms with Crippen LogP contribution in [0, 0.1) is 5.82 Å². The SMILES string of the molecule is CN(CC(=O)Nc1ccccc1F)S(=O)(=O)c1ccccc1. The summed E-state index contributed by atoms with van der Waals surface area (Å²) in [7, 11) is -2.46. The lowest BCUT2D eigenvalue weighted by molar-refractivity contribution is -0.116. The van der Waals surface area contributed by atoms with E-state index < -0.39 is 28.3 Å². The number of carbonyl (C=O) groups excluding carboxylic acids is 1. The predicted octanol–water partition coefficient (Wildman–Crippen LogP) is 2.08. The number of nitrogens with zero attached hydrogens (tertiary/aromatic N) is 1. The van der Waals surface area contributed by atoms with Crippen molar-refractivity contribution >= 4 is 21.6 Å². The number of rotatable bonds is 5. The summed E-state index contributed by atoms with van der Waals surface area (Å²) in [6, 6.07) is 13.5. The van der Waals surface area contributed by atoms with Gasteiger partial charge in [0.15, 0.2) is 0 Å². The summed E-state index contributed by atoms with van der Waals surface area (Å²) >= 11 is 0. The van der Waals surface area contributed by atoms with Crippen LogP contribution in [0.5, 0.6) is 0 Å². The maximum Gasteiger partial charge on any atom is 0.243 e. The molecule has 0 aromatic heterocycles. The van der Waals surface area contributed by atoms with E-state index in [9.17, 15) is 17.6 Å². The number of amides is 1. The highest BCUT2D eigenvalue weighted by Crippen LogP contribution is 2.15. The third-order valence-electron chi connectivity index (χ3n) is 2.97. The fraction of sp³-hybridized carbons (Fsp3) is 0.133. The number of carbonyl (C=O) groups is 1. The van der Waals surface area contributed by atoms with Gasteiger partial charge in [0.1, 0.15) is 5.82 Å². The number of likely N-dealkylation sites (N-methyl/N-ethyl adjacent to an activating group) is 1. The van der Waals surface area contributed by atoms with Crippen LogP contribution in [0.4, 0.5) is 10.1 Å². The highest BCUT2D eigenvalue weighted by molar-refractivity contribution is 7.89. The lowest BCUT2D eigenvalue weighted by Gasteiger charge is -2.17. The highest BCUT2D eigenvalue weighted by atomic mass is 32.2. The van der Waals surface area contributed by atoms with Crippen molar-refractivity contribution < 1.29 is 17.6 Å². The number of para-hydroxylation sites is 1. The summed E-state index contributed by atoms with van der Waals surface area (Å²) in [5.74, 6) is -1.20. The van der Waals surface area contributed by atoms with Crippen LogP contribution in [0.2, 0.25) is 0 Å². The van der Waals surface area contributed by atoms with Gasteiger partial charge in [0.05, 0.1) is 17.1 Å². The molecule has 7 heteroatoms. The molecule has 0 unspecified atom stereocenters. The molecule has 2 aromatic rings. The minimum Gasteiger partial charge on any atom is -0.322 e. The van der Waals surface area contributed by atoms with Crippen LogP contribution in [0.3, 0.4) is 0 Å². The second kappa shape index (κ2) is 6.67. The summed E-state index contributed by atoms with van der Waals surface area (Å²) in [5, 5.41) is 2.34. The average molecular weight is 322 g/mol. The largest absolute Gasteiger partial charge is 0.322 e. The van der Waals surface area contributed by atoms with Crippen molar-refractivity contribution in [3.8, 4) is 0 Å². The Labute approximate surface area is 128 Å². The normalized spacial score (nSPS) is 11.4. The topological polar surface area (TPSA) is 66.5 Å². The van der Waals surface area contributed by atoms with Crippen molar-refractivity contribution in [3.63, 3.8) is 0 Å². The molecule has 2 aromatic carbocycles. The van der Waals surface area contributed by atoms with Crippen molar-refractivity contribution in [3.05, 3.63) is 60.4 Å². The molecule has 5 nitrogen and oxygen atoms in total. The Morgan fingerprint density at radius 2 is 1.68 bits per heavy atom. The van der Waals surface area contributed by atoms with Crippen LogP contribution in [-0.2, 0) is 14.8 Å². The Kier molecular flexibility index (Phi) is 4.89. The Bertz CT molecular complexity index is 763. The number of hydrogen-bond acceptors (Lipinski definition) is 3. The third-order valence-corrected chi connectivity index (χ3v) is 4.78. The molecule has 0 aliphatic carbocycles. The van der Waals surface area contributed by atoms with Crippen molar-refractivity contribution in [2.24, 2.45) is 0 Å². The van der Waals surface area contributed by atoms with Gasteiger partial charge >= 0.3 is 0 Å². The van der Waals surface area contributed by atoms with E-state index in [2.05, 4.69) is 5.32 Å². The summed E-state index contributed by atoms with van der Waals surface area (Å²) in [4.78, 5) is 12.0. The zero-order valence-electron chi connectivity index (χ0n) is 11.9. The van der Waals surface area contributed by atoms with E-state index >= 15 is 0 Å². The third kappa shape index (κ3) is 3.69. The van der Waals surface area contributed by atoms with Gasteiger partial charge in [-0.3, -0.25) is 4.79 Å². The number of nitrogens with one attached hydrogen (secondary N) is 1. The molecule has 0 aliphatic heterocycles. The van der Waals surface area contributed by atoms with Crippen molar-refractivity contribution in [1.82, 2.24) is 4.31 Å². The molecule has 0 radical (unpaired) electrons. The highest BCUT2D eigenvalue weighted by Gasteiger charge is 2.22. The molecule has 0 atom stereocenters. The van der Waals surface area contributed by atoms with Gasteiger partial charge in [0.2, 0.25) is 15.9 Å². The molecular formula is C15H15FN2O3S. The molecular weight excluding hydrogens is 307 g/mol. The first-order valence-electron chi connectivity index (χ1n) is 6.47. The molecule has 116 valence electrons. The molecule has 2 rings (SSSR count). The van der Waals surface area contributed by atoms with E-state index in [1.165, 1.54) is 37.4 Å². The molecule has 0 aliphatic rings. The smallest absolute Gasteiger partial charge is 0.243 e. The van der Waals surface area contributed by atoms with E-state index in [0.717, 1.165) is 4.31 Å². The van der Waals surface area contributed by atoms with Crippen molar-refractivity contribution in [1.29, 1.82) is 0 Å². The average Bonchev–Trinajstić information content (AvgIpc) is 2.50. The van der Waals surface area contributed by atoms with Gasteiger partial charge in [-0.1, -0.05) is 30.3 Å². The first-order chi connectivity index (χ1) is 10.4. The van der Waals surface area contributed by atoms with E-state index in [0.29, 0.717) is 0 Å². The number of benzene rings is 2. The number of sulfonamides is 1. The molecule has 0 bridgehead atoms. The Hall–Kier alpha value is -2.25. The van der Waals surface area contributed by atoms with E-state index in [4.69, 9.17) is 0 Å². The Balaban J connectivity index is 2.07. The monoisotopic (exact) mass is 322 g/mol. The van der Waals surface area contributed by atoms with E-state index in [-0.39, 0.29) is 10.6 Å². The molecule has 0 fully saturated rings. The maximum absolute atomic E-state index is 13.4. The zero-order valence-corrected chi connectivity index (χ0v) is 12.7. The lowest BCUT2D eigenvalue weighted by atomic mass is 10.3. The minimum absolute atomic E-state index is 0.0120. The van der Waals surface area contributed by atoms with Crippen molar-refractivity contribution in [2.45, 2.75) is 4.90 Å². The van der Waals surface area contributed by atoms with Crippen LogP contribution in [0.25, 0.3) is 0 Å². The van der Waals surface area contributed by atoms with E-state index in [1.54, 1.807) is 24.3 Å². The van der Waals surface area contributed by atoms with Gasteiger partial charge in [-0.2, -0.15) is 4.31 Å². The first kappa shape index (κ1) is 16.1. The number of hydrogen-bond donors (Lipinski definition) is 1. The van der Waals surface area contributed by atoms with E-state index in [1.807, 2.05) is 0 Å². The summed E-state index contributed by atoms with van der Waals surface area (Å²) in [6.07, 6.45) is 0. The van der Waals surface area contributed by atoms with Gasteiger partial charge in [0, 0.05) is 7.05 Å². The molecule has 1 N–H and O–H groups in total. The summed E-state index contributed by atoms with van der Waals surface area (Å²) in [6.45, 7) is -0.411. The molecule has 22 heavy (non-hydrogen) atoms. The second-order valence-electron chi connectivity index (χ2n) is 4.60. The van der Waals surface area contributed by atoms with Gasteiger partial charge in [-0.05, 0) is 24.3 Å². The maximum atomic E-state index is 13.4. The number of halogens is 1. The fourth-order valence-corrected chi connectivity index (χ4v) is 2.96. The molecule has 0 saturated carbocycles. The van der Waals surface area contributed by atoms with Gasteiger partial charge in [0.25, 0.3) is 0 Å². The molecule has 0 heterocycles. The van der Waals surface area contributed by atoms with Crippen LogP contribution in [0.1, 0.15) is 0 Å². The Morgan fingerprint density at radius 3 is 2.32 bits per heavy atom. The second-order valence-corrected chi connectivity index (χ2v) is 6.65. The zero-order chi connectivity index (χ0) is 16.2. The summed E-state index contributed by atoms with van der Waals surface area (Å²) < 4.78 is 38.9. The Morgan fingerprint density at radius 1 is 1.09 bits per heavy atom. The standard InChI is InChI=1S/C15H15FN2O3S/c1-18(22(20,21)12-7-3-2-4-8-12)11-15(19)17-14-10-6-5-9-13(14)16/h2-10H,11H2,1H3,(H,17,19). The van der Waals surface area contributed by atoms with Gasteiger partial charge in [-0.25, -0.2) is 12.8 Å². The first-order valence-corrected chi connectivity index (χ1v) is 7.91. The fourth-order valence-electron chi connectivity index (χ4n) is 1.81. The van der Waals surface area contributed by atoms with Crippen LogP contribution in [0.15, 0.2) is 59.5 Å².